The van der Waals surface area contributed by atoms with Gasteiger partial charge in [0.05, 0.1) is 17.7 Å². The first-order valence-electron chi connectivity index (χ1n) is 6.08. The molecule has 2 nitrogen and oxygen atoms in total. The Bertz CT molecular complexity index is 662. The van der Waals surface area contributed by atoms with Crippen molar-refractivity contribution in [3.63, 3.8) is 0 Å². The highest BCUT2D eigenvalue weighted by Gasteiger charge is 2.18. The predicted octanol–water partition coefficient (Wildman–Crippen LogP) is 4.15. The minimum Gasteiger partial charge on any atom is -0.494 e. The molecule has 6 heteroatoms. The molecule has 0 saturated heterocycles. The van der Waals surface area contributed by atoms with Crippen LogP contribution in [0.25, 0.3) is 0 Å². The Hall–Kier alpha value is -1.53. The number of halogens is 4. The number of rotatable bonds is 4. The van der Waals surface area contributed by atoms with Crippen LogP contribution in [0.3, 0.4) is 0 Å². The van der Waals surface area contributed by atoms with Crippen LogP contribution in [-0.2, 0) is 6.42 Å². The molecular formula is C15H12BrF3O2. The molecule has 112 valence electrons. The second-order valence-corrected chi connectivity index (χ2v) is 5.29. The van der Waals surface area contributed by atoms with E-state index < -0.39 is 23.6 Å². The number of aliphatic hydroxyl groups is 1. The summed E-state index contributed by atoms with van der Waals surface area (Å²) in [6.07, 6.45) is -1.45. The highest BCUT2D eigenvalue weighted by molar-refractivity contribution is 9.10. The molecular weight excluding hydrogens is 349 g/mol. The van der Waals surface area contributed by atoms with Gasteiger partial charge >= 0.3 is 0 Å². The summed E-state index contributed by atoms with van der Waals surface area (Å²) in [6, 6.07) is 6.14. The van der Waals surface area contributed by atoms with Crippen LogP contribution < -0.4 is 4.74 Å². The van der Waals surface area contributed by atoms with Crippen molar-refractivity contribution in [2.24, 2.45) is 0 Å². The van der Waals surface area contributed by atoms with Crippen LogP contribution >= 0.6 is 15.9 Å². The lowest BCUT2D eigenvalue weighted by Gasteiger charge is -2.14. The lowest BCUT2D eigenvalue weighted by molar-refractivity contribution is 0.175. The molecule has 0 amide bonds. The molecule has 2 aromatic carbocycles. The van der Waals surface area contributed by atoms with Gasteiger partial charge < -0.3 is 9.84 Å². The lowest BCUT2D eigenvalue weighted by atomic mass is 10.0. The van der Waals surface area contributed by atoms with E-state index in [2.05, 4.69) is 15.9 Å². The summed E-state index contributed by atoms with van der Waals surface area (Å²) in [5, 5.41) is 10.1. The summed E-state index contributed by atoms with van der Waals surface area (Å²) >= 11 is 2.97. The third-order valence-electron chi connectivity index (χ3n) is 3.10. The number of hydrogen-bond acceptors (Lipinski definition) is 2. The van der Waals surface area contributed by atoms with Gasteiger partial charge in [-0.15, -0.1) is 0 Å². The highest BCUT2D eigenvalue weighted by atomic mass is 79.9. The monoisotopic (exact) mass is 360 g/mol. The molecule has 21 heavy (non-hydrogen) atoms. The molecule has 2 rings (SSSR count). The fourth-order valence-electron chi connectivity index (χ4n) is 1.95. The lowest BCUT2D eigenvalue weighted by Crippen LogP contribution is -2.07. The van der Waals surface area contributed by atoms with E-state index in [0.29, 0.717) is 5.56 Å². The first kappa shape index (κ1) is 15.9. The van der Waals surface area contributed by atoms with E-state index in [1.165, 1.54) is 25.3 Å². The van der Waals surface area contributed by atoms with Crippen LogP contribution in [0.2, 0.25) is 0 Å². The molecule has 1 atom stereocenters. The smallest absolute Gasteiger partial charge is 0.165 e. The predicted molar refractivity (Wildman–Crippen MR) is 75.7 cm³/mol. The van der Waals surface area contributed by atoms with Gasteiger partial charge in [0.1, 0.15) is 11.6 Å². The third-order valence-corrected chi connectivity index (χ3v) is 3.71. The zero-order chi connectivity index (χ0) is 15.6. The fourth-order valence-corrected chi connectivity index (χ4v) is 2.32. The summed E-state index contributed by atoms with van der Waals surface area (Å²) < 4.78 is 45.8. The quantitative estimate of drug-likeness (QED) is 0.830. The van der Waals surface area contributed by atoms with Gasteiger partial charge in [-0.25, -0.2) is 13.2 Å². The molecule has 0 saturated carbocycles. The topological polar surface area (TPSA) is 29.5 Å². The SMILES string of the molecule is COc1cc(C(O)Cc2c(F)ccc(Br)c2F)ccc1F. The second-order valence-electron chi connectivity index (χ2n) is 4.44. The minimum atomic E-state index is -1.18. The molecule has 2 aromatic rings. The zero-order valence-electron chi connectivity index (χ0n) is 11.0. The van der Waals surface area contributed by atoms with Gasteiger partial charge in [0, 0.05) is 12.0 Å². The Morgan fingerprint density at radius 2 is 1.81 bits per heavy atom. The molecule has 0 aliphatic heterocycles. The number of methoxy groups -OCH3 is 1. The molecule has 1 N–H and O–H groups in total. The maximum Gasteiger partial charge on any atom is 0.165 e. The summed E-state index contributed by atoms with van der Waals surface area (Å²) in [6.45, 7) is 0. The molecule has 0 bridgehead atoms. The normalized spacial score (nSPS) is 12.3. The van der Waals surface area contributed by atoms with E-state index in [4.69, 9.17) is 4.74 Å². The largest absolute Gasteiger partial charge is 0.494 e. The molecule has 0 aliphatic carbocycles. The van der Waals surface area contributed by atoms with Crippen LogP contribution in [-0.4, -0.2) is 12.2 Å². The van der Waals surface area contributed by atoms with Gasteiger partial charge in [0.25, 0.3) is 0 Å². The number of aliphatic hydroxyl groups excluding tert-OH is 1. The van der Waals surface area contributed by atoms with Crippen LogP contribution in [0, 0.1) is 17.5 Å². The van der Waals surface area contributed by atoms with E-state index in [1.807, 2.05) is 0 Å². The van der Waals surface area contributed by atoms with Gasteiger partial charge in [-0.2, -0.15) is 0 Å². The first-order valence-corrected chi connectivity index (χ1v) is 6.87. The van der Waals surface area contributed by atoms with Crippen molar-refractivity contribution in [1.29, 1.82) is 0 Å². The van der Waals surface area contributed by atoms with Crippen molar-refractivity contribution < 1.29 is 23.0 Å². The summed E-state index contributed by atoms with van der Waals surface area (Å²) in [4.78, 5) is 0. The van der Waals surface area contributed by atoms with Gasteiger partial charge in [-0.1, -0.05) is 6.07 Å². The average Bonchev–Trinajstić information content (AvgIpc) is 2.48. The number of benzene rings is 2. The molecule has 0 spiro atoms. The maximum absolute atomic E-state index is 13.9. The first-order chi connectivity index (χ1) is 9.93. The van der Waals surface area contributed by atoms with Gasteiger partial charge in [-0.05, 0) is 45.8 Å². The van der Waals surface area contributed by atoms with Crippen LogP contribution in [0.4, 0.5) is 13.2 Å². The Balaban J connectivity index is 2.30. The van der Waals surface area contributed by atoms with Crippen molar-refractivity contribution in [2.45, 2.75) is 12.5 Å². The second kappa shape index (κ2) is 6.49. The molecule has 0 aromatic heterocycles. The summed E-state index contributed by atoms with van der Waals surface area (Å²) in [7, 11) is 1.29. The van der Waals surface area contributed by atoms with Crippen molar-refractivity contribution in [2.75, 3.05) is 7.11 Å². The van der Waals surface area contributed by atoms with Crippen molar-refractivity contribution in [3.8, 4) is 5.75 Å². The maximum atomic E-state index is 13.9. The van der Waals surface area contributed by atoms with Crippen LogP contribution in [0.5, 0.6) is 5.75 Å². The van der Waals surface area contributed by atoms with E-state index in [1.54, 1.807) is 0 Å². The van der Waals surface area contributed by atoms with Gasteiger partial charge in [0.2, 0.25) is 0 Å². The Labute approximate surface area is 128 Å². The number of hydrogen-bond donors (Lipinski definition) is 1. The molecule has 1 unspecified atom stereocenters. The fraction of sp³-hybridized carbons (Fsp3) is 0.200. The van der Waals surface area contributed by atoms with E-state index in [0.717, 1.165) is 12.1 Å². The molecule has 0 heterocycles. The van der Waals surface area contributed by atoms with Crippen LogP contribution in [0.15, 0.2) is 34.8 Å². The number of ether oxygens (including phenoxy) is 1. The van der Waals surface area contributed by atoms with Crippen molar-refractivity contribution in [3.05, 3.63) is 63.4 Å². The van der Waals surface area contributed by atoms with Crippen molar-refractivity contribution >= 4 is 15.9 Å². The zero-order valence-corrected chi connectivity index (χ0v) is 12.6. The van der Waals surface area contributed by atoms with E-state index >= 15 is 0 Å². The van der Waals surface area contributed by atoms with Gasteiger partial charge in [-0.3, -0.25) is 0 Å². The Kier molecular flexibility index (Phi) is 4.90. The highest BCUT2D eigenvalue weighted by Crippen LogP contribution is 2.28. The van der Waals surface area contributed by atoms with Gasteiger partial charge in [0.15, 0.2) is 11.6 Å². The van der Waals surface area contributed by atoms with E-state index in [9.17, 15) is 18.3 Å². The molecule has 0 fully saturated rings. The third kappa shape index (κ3) is 3.39. The summed E-state index contributed by atoms with van der Waals surface area (Å²) in [5.74, 6) is -2.12. The van der Waals surface area contributed by atoms with E-state index in [-0.39, 0.29) is 22.2 Å². The standard InChI is InChI=1S/C15H12BrF3O2/c1-21-14-6-8(2-4-12(14)18)13(20)7-9-11(17)5-3-10(16)15(9)19/h2-6,13,20H,7H2,1H3. The van der Waals surface area contributed by atoms with Crippen LogP contribution in [0.1, 0.15) is 17.2 Å². The average molecular weight is 361 g/mol. The molecule has 0 radical (unpaired) electrons. The Morgan fingerprint density at radius 1 is 1.14 bits per heavy atom. The Morgan fingerprint density at radius 3 is 2.48 bits per heavy atom. The summed E-state index contributed by atoms with van der Waals surface area (Å²) in [5.41, 5.74) is 0.0761. The molecule has 0 aliphatic rings. The minimum absolute atomic E-state index is 0.0401. The van der Waals surface area contributed by atoms with Crippen molar-refractivity contribution in [1.82, 2.24) is 0 Å².